The summed E-state index contributed by atoms with van der Waals surface area (Å²) in [5.41, 5.74) is 2.69. The van der Waals surface area contributed by atoms with Gasteiger partial charge in [0, 0.05) is 5.69 Å². The van der Waals surface area contributed by atoms with E-state index < -0.39 is 10.0 Å². The van der Waals surface area contributed by atoms with Gasteiger partial charge in [-0.05, 0) is 66.9 Å². The molecule has 1 amide bonds. The average Bonchev–Trinajstić information content (AvgIpc) is 2.60. The standard InChI is InChI=1S/C20H25N3O3S2/c1-13(2)12-15-4-6-16(7-5-15)14(3)19(24)23-20(27)22-17-8-10-18(11-9-17)28(21,25)26/h4-11,13-14H,12H2,1-3H3,(H2,21,25,26)(H2,22,23,24,27). The lowest BCUT2D eigenvalue weighted by Crippen LogP contribution is -2.36. The summed E-state index contributed by atoms with van der Waals surface area (Å²) in [6.07, 6.45) is 0.999. The highest BCUT2D eigenvalue weighted by Crippen LogP contribution is 2.18. The van der Waals surface area contributed by atoms with Crippen molar-refractivity contribution in [2.45, 2.75) is 38.0 Å². The van der Waals surface area contributed by atoms with Crippen LogP contribution in [0.3, 0.4) is 0 Å². The third-order valence-electron chi connectivity index (χ3n) is 4.19. The number of rotatable bonds is 6. The predicted octanol–water partition coefficient (Wildman–Crippen LogP) is 3.15. The number of carbonyl (C=O) groups excluding carboxylic acids is 1. The van der Waals surface area contributed by atoms with Gasteiger partial charge in [0.2, 0.25) is 15.9 Å². The molecule has 2 aromatic rings. The van der Waals surface area contributed by atoms with Crippen LogP contribution in [0.15, 0.2) is 53.4 Å². The molecule has 4 N–H and O–H groups in total. The average molecular weight is 420 g/mol. The van der Waals surface area contributed by atoms with Crippen molar-refractivity contribution in [2.24, 2.45) is 11.1 Å². The molecule has 0 fully saturated rings. The van der Waals surface area contributed by atoms with E-state index in [1.807, 2.05) is 31.2 Å². The molecule has 0 aliphatic carbocycles. The van der Waals surface area contributed by atoms with Crippen molar-refractivity contribution in [3.05, 3.63) is 59.7 Å². The zero-order valence-corrected chi connectivity index (χ0v) is 17.7. The van der Waals surface area contributed by atoms with Gasteiger partial charge in [0.25, 0.3) is 0 Å². The number of thiocarbonyl (C=S) groups is 1. The van der Waals surface area contributed by atoms with Gasteiger partial charge in [0.05, 0.1) is 10.8 Å². The lowest BCUT2D eigenvalue weighted by molar-refractivity contribution is -0.120. The summed E-state index contributed by atoms with van der Waals surface area (Å²) in [6.45, 7) is 6.15. The van der Waals surface area contributed by atoms with Crippen LogP contribution < -0.4 is 15.8 Å². The lowest BCUT2D eigenvalue weighted by atomic mass is 9.96. The molecule has 0 bridgehead atoms. The van der Waals surface area contributed by atoms with Crippen molar-refractivity contribution in [1.29, 1.82) is 0 Å². The number of nitrogens with two attached hydrogens (primary N) is 1. The summed E-state index contributed by atoms with van der Waals surface area (Å²) < 4.78 is 22.5. The van der Waals surface area contributed by atoms with Crippen LogP contribution in [0.5, 0.6) is 0 Å². The summed E-state index contributed by atoms with van der Waals surface area (Å²) >= 11 is 5.17. The molecule has 1 unspecified atom stereocenters. The highest BCUT2D eigenvalue weighted by Gasteiger charge is 2.16. The van der Waals surface area contributed by atoms with E-state index in [1.54, 1.807) is 0 Å². The van der Waals surface area contributed by atoms with Gasteiger partial charge >= 0.3 is 0 Å². The first kappa shape index (κ1) is 22.0. The largest absolute Gasteiger partial charge is 0.332 e. The number of anilines is 1. The van der Waals surface area contributed by atoms with Crippen LogP contribution in [0.2, 0.25) is 0 Å². The second kappa shape index (κ2) is 9.27. The number of primary sulfonamides is 1. The summed E-state index contributed by atoms with van der Waals surface area (Å²) in [7, 11) is -3.75. The van der Waals surface area contributed by atoms with Gasteiger partial charge in [-0.2, -0.15) is 0 Å². The monoisotopic (exact) mass is 419 g/mol. The molecule has 28 heavy (non-hydrogen) atoms. The van der Waals surface area contributed by atoms with E-state index in [4.69, 9.17) is 17.4 Å². The molecule has 6 nitrogen and oxygen atoms in total. The minimum Gasteiger partial charge on any atom is -0.332 e. The second-order valence-corrected chi connectivity index (χ2v) is 9.04. The molecule has 8 heteroatoms. The molecule has 0 radical (unpaired) electrons. The van der Waals surface area contributed by atoms with Gasteiger partial charge in [-0.15, -0.1) is 0 Å². The Kier molecular flexibility index (Phi) is 7.29. The van der Waals surface area contributed by atoms with E-state index in [-0.39, 0.29) is 21.8 Å². The van der Waals surface area contributed by atoms with Crippen LogP contribution >= 0.6 is 12.2 Å². The fourth-order valence-electron chi connectivity index (χ4n) is 2.68. The van der Waals surface area contributed by atoms with E-state index in [0.717, 1.165) is 12.0 Å². The molecule has 0 saturated heterocycles. The van der Waals surface area contributed by atoms with Crippen molar-refractivity contribution in [3.8, 4) is 0 Å². The minimum absolute atomic E-state index is 0.00235. The normalized spacial score (nSPS) is 12.5. The van der Waals surface area contributed by atoms with Crippen molar-refractivity contribution < 1.29 is 13.2 Å². The highest BCUT2D eigenvalue weighted by molar-refractivity contribution is 7.89. The van der Waals surface area contributed by atoms with Crippen LogP contribution in [0, 0.1) is 5.92 Å². The van der Waals surface area contributed by atoms with E-state index >= 15 is 0 Å². The van der Waals surface area contributed by atoms with Gasteiger partial charge in [0.15, 0.2) is 5.11 Å². The molecule has 0 aliphatic heterocycles. The third kappa shape index (κ3) is 6.40. The maximum Gasteiger partial charge on any atom is 0.238 e. The third-order valence-corrected chi connectivity index (χ3v) is 5.33. The quantitative estimate of drug-likeness (QED) is 0.625. The van der Waals surface area contributed by atoms with Gasteiger partial charge in [-0.3, -0.25) is 4.79 Å². The summed E-state index contributed by atoms with van der Waals surface area (Å²) in [4.78, 5) is 12.5. The number of nitrogens with one attached hydrogen (secondary N) is 2. The molecule has 0 heterocycles. The molecule has 0 aromatic heterocycles. The van der Waals surface area contributed by atoms with E-state index in [1.165, 1.54) is 29.8 Å². The Hall–Kier alpha value is -2.29. The summed E-state index contributed by atoms with van der Waals surface area (Å²) in [5.74, 6) is -0.0121. The molecular formula is C20H25N3O3S2. The van der Waals surface area contributed by atoms with Gasteiger partial charge < -0.3 is 10.6 Å². The van der Waals surface area contributed by atoms with Crippen LogP contribution in [0.25, 0.3) is 0 Å². The number of sulfonamides is 1. The van der Waals surface area contributed by atoms with Crippen molar-refractivity contribution in [3.63, 3.8) is 0 Å². The zero-order chi connectivity index (χ0) is 20.9. The maximum atomic E-state index is 12.5. The van der Waals surface area contributed by atoms with Gasteiger partial charge in [0.1, 0.15) is 0 Å². The molecule has 150 valence electrons. The molecule has 1 atom stereocenters. The first-order valence-electron chi connectivity index (χ1n) is 8.90. The highest BCUT2D eigenvalue weighted by atomic mass is 32.2. The Bertz CT molecular complexity index is 938. The zero-order valence-electron chi connectivity index (χ0n) is 16.1. The minimum atomic E-state index is -3.75. The molecular weight excluding hydrogens is 394 g/mol. The van der Waals surface area contributed by atoms with E-state index in [9.17, 15) is 13.2 Å². The Labute approximate surface area is 171 Å². The smallest absolute Gasteiger partial charge is 0.238 e. The van der Waals surface area contributed by atoms with Crippen LogP contribution in [0.4, 0.5) is 5.69 Å². The van der Waals surface area contributed by atoms with Crippen molar-refractivity contribution >= 4 is 38.9 Å². The fourth-order valence-corrected chi connectivity index (χ4v) is 3.41. The molecule has 2 rings (SSSR count). The summed E-state index contributed by atoms with van der Waals surface area (Å²) in [5, 5.41) is 10.7. The number of benzene rings is 2. The van der Waals surface area contributed by atoms with E-state index in [0.29, 0.717) is 11.6 Å². The predicted molar refractivity (Wildman–Crippen MR) is 116 cm³/mol. The van der Waals surface area contributed by atoms with Crippen LogP contribution in [0.1, 0.15) is 37.8 Å². The van der Waals surface area contributed by atoms with Crippen molar-refractivity contribution in [1.82, 2.24) is 5.32 Å². The fraction of sp³-hybridized carbons (Fsp3) is 0.300. The maximum absolute atomic E-state index is 12.5. The number of hydrogen-bond acceptors (Lipinski definition) is 4. The van der Waals surface area contributed by atoms with Gasteiger partial charge in [-0.1, -0.05) is 38.1 Å². The molecule has 2 aromatic carbocycles. The Morgan fingerprint density at radius 1 is 1.04 bits per heavy atom. The first-order valence-corrected chi connectivity index (χ1v) is 10.8. The first-order chi connectivity index (χ1) is 13.1. The van der Waals surface area contributed by atoms with Crippen molar-refractivity contribution in [2.75, 3.05) is 5.32 Å². The van der Waals surface area contributed by atoms with Crippen LogP contribution in [-0.2, 0) is 21.2 Å². The number of hydrogen-bond donors (Lipinski definition) is 3. The Morgan fingerprint density at radius 2 is 1.61 bits per heavy atom. The summed E-state index contributed by atoms with van der Waals surface area (Å²) in [6, 6.07) is 13.8. The SMILES string of the molecule is CC(C)Cc1ccc(C(C)C(=O)NC(=S)Nc2ccc(S(N)(=O)=O)cc2)cc1. The Balaban J connectivity index is 1.95. The second-order valence-electron chi connectivity index (χ2n) is 7.07. The number of carbonyl (C=O) groups is 1. The topological polar surface area (TPSA) is 101 Å². The van der Waals surface area contributed by atoms with Gasteiger partial charge in [-0.25, -0.2) is 13.6 Å². The molecule has 0 aliphatic rings. The lowest BCUT2D eigenvalue weighted by Gasteiger charge is -2.15. The van der Waals surface area contributed by atoms with E-state index in [2.05, 4.69) is 24.5 Å². The van der Waals surface area contributed by atoms with Crippen LogP contribution in [-0.4, -0.2) is 19.4 Å². The molecule has 0 spiro atoms. The molecule has 0 saturated carbocycles. The number of amides is 1. The Morgan fingerprint density at radius 3 is 2.11 bits per heavy atom.